The summed E-state index contributed by atoms with van der Waals surface area (Å²) in [6, 6.07) is 10.7. The molecule has 1 aromatic carbocycles. The maximum atomic E-state index is 5.39. The highest BCUT2D eigenvalue weighted by molar-refractivity contribution is 5.84. The summed E-state index contributed by atoms with van der Waals surface area (Å²) < 4.78 is 5.39. The quantitative estimate of drug-likeness (QED) is 0.830. The van der Waals surface area contributed by atoms with E-state index in [1.165, 1.54) is 12.8 Å². The van der Waals surface area contributed by atoms with Crippen LogP contribution < -0.4 is 10.1 Å². The molecule has 1 heterocycles. The van der Waals surface area contributed by atoms with E-state index in [9.17, 15) is 0 Å². The summed E-state index contributed by atoms with van der Waals surface area (Å²) in [5.41, 5.74) is 2.00. The molecule has 0 aliphatic rings. The number of ether oxygens (including phenoxy) is 1. The number of aromatic nitrogens is 1. The summed E-state index contributed by atoms with van der Waals surface area (Å²) in [7, 11) is 1.69. The predicted octanol–water partition coefficient (Wildman–Crippen LogP) is 4.16. The molecule has 3 heteroatoms. The normalized spacial score (nSPS) is 12.8. The third kappa shape index (κ3) is 4.43. The maximum absolute atomic E-state index is 5.39. The van der Waals surface area contributed by atoms with Gasteiger partial charge in [0.1, 0.15) is 11.3 Å². The van der Waals surface area contributed by atoms with Crippen molar-refractivity contribution in [3.63, 3.8) is 0 Å². The zero-order valence-electron chi connectivity index (χ0n) is 13.5. The molecule has 0 bridgehead atoms. The second-order valence-electron chi connectivity index (χ2n) is 6.09. The standard InChI is InChI=1S/C18H26N2O/c1-13(2)8-9-14(3)19-12-16-11-10-15-6-5-7-17(21-4)18(15)20-16/h5-7,10-11,13-14,19H,8-9,12H2,1-4H3. The third-order valence-electron chi connectivity index (χ3n) is 3.77. The molecule has 0 fully saturated rings. The summed E-state index contributed by atoms with van der Waals surface area (Å²) in [4.78, 5) is 4.73. The average Bonchev–Trinajstić information content (AvgIpc) is 2.50. The average molecular weight is 286 g/mol. The molecule has 1 N–H and O–H groups in total. The van der Waals surface area contributed by atoms with Crippen LogP contribution in [0.5, 0.6) is 5.75 Å². The molecule has 1 aromatic heterocycles. The van der Waals surface area contributed by atoms with Gasteiger partial charge in [0.15, 0.2) is 0 Å². The number of para-hydroxylation sites is 1. The molecule has 0 saturated heterocycles. The van der Waals surface area contributed by atoms with Gasteiger partial charge in [-0.25, -0.2) is 4.98 Å². The number of pyridine rings is 1. The minimum absolute atomic E-state index is 0.516. The summed E-state index contributed by atoms with van der Waals surface area (Å²) >= 11 is 0. The predicted molar refractivity (Wildman–Crippen MR) is 88.7 cm³/mol. The van der Waals surface area contributed by atoms with Crippen molar-refractivity contribution in [1.82, 2.24) is 10.3 Å². The van der Waals surface area contributed by atoms with Crippen LogP contribution in [0.1, 0.15) is 39.3 Å². The molecule has 0 spiro atoms. The Hall–Kier alpha value is -1.61. The zero-order chi connectivity index (χ0) is 15.2. The van der Waals surface area contributed by atoms with Gasteiger partial charge in [-0.15, -0.1) is 0 Å². The monoisotopic (exact) mass is 286 g/mol. The SMILES string of the molecule is COc1cccc2ccc(CNC(C)CCC(C)C)nc12. The maximum Gasteiger partial charge on any atom is 0.145 e. The molecule has 1 atom stereocenters. The minimum Gasteiger partial charge on any atom is -0.494 e. The Morgan fingerprint density at radius 3 is 2.62 bits per heavy atom. The molecule has 2 rings (SSSR count). The highest BCUT2D eigenvalue weighted by Gasteiger charge is 2.06. The van der Waals surface area contributed by atoms with Crippen LogP contribution in [-0.2, 0) is 6.54 Å². The van der Waals surface area contributed by atoms with Gasteiger partial charge in [0.25, 0.3) is 0 Å². The van der Waals surface area contributed by atoms with Gasteiger partial charge in [-0.3, -0.25) is 0 Å². The number of nitrogens with one attached hydrogen (secondary N) is 1. The summed E-state index contributed by atoms with van der Waals surface area (Å²) in [5, 5.41) is 4.67. The number of methoxy groups -OCH3 is 1. The fourth-order valence-electron chi connectivity index (χ4n) is 2.39. The number of hydrogen-bond donors (Lipinski definition) is 1. The Kier molecular flexibility index (Phi) is 5.57. The van der Waals surface area contributed by atoms with Crippen molar-refractivity contribution in [3.05, 3.63) is 36.0 Å². The molecule has 0 amide bonds. The first-order valence-corrected chi connectivity index (χ1v) is 7.76. The zero-order valence-corrected chi connectivity index (χ0v) is 13.5. The van der Waals surface area contributed by atoms with Gasteiger partial charge in [-0.2, -0.15) is 0 Å². The molecule has 0 radical (unpaired) electrons. The lowest BCUT2D eigenvalue weighted by atomic mass is 10.0. The van der Waals surface area contributed by atoms with Gasteiger partial charge >= 0.3 is 0 Å². The van der Waals surface area contributed by atoms with Crippen molar-refractivity contribution in [2.24, 2.45) is 5.92 Å². The Bertz CT molecular complexity index is 580. The largest absolute Gasteiger partial charge is 0.494 e. The molecule has 0 aliphatic carbocycles. The molecule has 0 aliphatic heterocycles. The Labute approximate surface area is 127 Å². The first-order chi connectivity index (χ1) is 10.1. The number of nitrogens with zero attached hydrogens (tertiary/aromatic N) is 1. The van der Waals surface area contributed by atoms with E-state index in [0.29, 0.717) is 6.04 Å². The van der Waals surface area contributed by atoms with Crippen molar-refractivity contribution in [3.8, 4) is 5.75 Å². The van der Waals surface area contributed by atoms with E-state index in [2.05, 4.69) is 44.3 Å². The number of benzene rings is 1. The molecule has 114 valence electrons. The summed E-state index contributed by atoms with van der Waals surface area (Å²) in [6.07, 6.45) is 2.46. The summed E-state index contributed by atoms with van der Waals surface area (Å²) in [5.74, 6) is 1.60. The minimum atomic E-state index is 0.516. The molecule has 2 aromatic rings. The van der Waals surface area contributed by atoms with Crippen LogP contribution in [0.2, 0.25) is 0 Å². The highest BCUT2D eigenvalue weighted by Crippen LogP contribution is 2.23. The van der Waals surface area contributed by atoms with Crippen LogP contribution in [0.15, 0.2) is 30.3 Å². The van der Waals surface area contributed by atoms with Gasteiger partial charge in [0, 0.05) is 18.0 Å². The van der Waals surface area contributed by atoms with Crippen molar-refractivity contribution in [1.29, 1.82) is 0 Å². The Morgan fingerprint density at radius 2 is 1.90 bits per heavy atom. The van der Waals surface area contributed by atoms with Crippen LogP contribution in [0.25, 0.3) is 10.9 Å². The highest BCUT2D eigenvalue weighted by atomic mass is 16.5. The number of fused-ring (bicyclic) bond motifs is 1. The van der Waals surface area contributed by atoms with Crippen molar-refractivity contribution in [2.45, 2.75) is 46.2 Å². The van der Waals surface area contributed by atoms with E-state index in [4.69, 9.17) is 9.72 Å². The summed E-state index contributed by atoms with van der Waals surface area (Å²) in [6.45, 7) is 7.57. The van der Waals surface area contributed by atoms with E-state index in [-0.39, 0.29) is 0 Å². The van der Waals surface area contributed by atoms with E-state index in [0.717, 1.165) is 34.8 Å². The van der Waals surface area contributed by atoms with Gasteiger partial charge in [-0.1, -0.05) is 32.0 Å². The van der Waals surface area contributed by atoms with Crippen molar-refractivity contribution >= 4 is 10.9 Å². The molecule has 3 nitrogen and oxygen atoms in total. The fraction of sp³-hybridized carbons (Fsp3) is 0.500. The van der Waals surface area contributed by atoms with E-state index < -0.39 is 0 Å². The number of rotatable bonds is 7. The molecule has 0 saturated carbocycles. The van der Waals surface area contributed by atoms with E-state index in [1.807, 2.05) is 12.1 Å². The van der Waals surface area contributed by atoms with Crippen LogP contribution in [0.3, 0.4) is 0 Å². The van der Waals surface area contributed by atoms with E-state index in [1.54, 1.807) is 7.11 Å². The number of hydrogen-bond acceptors (Lipinski definition) is 3. The van der Waals surface area contributed by atoms with Gasteiger partial charge < -0.3 is 10.1 Å². The smallest absolute Gasteiger partial charge is 0.145 e. The topological polar surface area (TPSA) is 34.1 Å². The molecular weight excluding hydrogens is 260 g/mol. The first-order valence-electron chi connectivity index (χ1n) is 7.76. The first kappa shape index (κ1) is 15.8. The Morgan fingerprint density at radius 1 is 1.10 bits per heavy atom. The third-order valence-corrected chi connectivity index (χ3v) is 3.77. The van der Waals surface area contributed by atoms with Crippen molar-refractivity contribution in [2.75, 3.05) is 7.11 Å². The Balaban J connectivity index is 2.02. The van der Waals surface area contributed by atoms with Crippen LogP contribution in [-0.4, -0.2) is 18.1 Å². The van der Waals surface area contributed by atoms with Crippen LogP contribution in [0, 0.1) is 5.92 Å². The lowest BCUT2D eigenvalue weighted by molar-refractivity contribution is 0.418. The van der Waals surface area contributed by atoms with Crippen molar-refractivity contribution < 1.29 is 4.74 Å². The van der Waals surface area contributed by atoms with Gasteiger partial charge in [0.05, 0.1) is 12.8 Å². The molecule has 1 unspecified atom stereocenters. The second kappa shape index (κ2) is 7.41. The molecule has 21 heavy (non-hydrogen) atoms. The van der Waals surface area contributed by atoms with Gasteiger partial charge in [0.2, 0.25) is 0 Å². The fourth-order valence-corrected chi connectivity index (χ4v) is 2.39. The lowest BCUT2D eigenvalue weighted by Gasteiger charge is -2.15. The van der Waals surface area contributed by atoms with Gasteiger partial charge in [-0.05, 0) is 37.8 Å². The van der Waals surface area contributed by atoms with Crippen LogP contribution in [0.4, 0.5) is 0 Å². The van der Waals surface area contributed by atoms with E-state index >= 15 is 0 Å². The molecular formula is C18H26N2O. The second-order valence-corrected chi connectivity index (χ2v) is 6.09. The van der Waals surface area contributed by atoms with Crippen LogP contribution >= 0.6 is 0 Å². The lowest BCUT2D eigenvalue weighted by Crippen LogP contribution is -2.26.